The first-order chi connectivity index (χ1) is 7.67. The maximum Gasteiger partial charge on any atom is 0.234 e. The second-order valence-electron chi connectivity index (χ2n) is 3.45. The fourth-order valence-electron chi connectivity index (χ4n) is 1.38. The van der Waals surface area contributed by atoms with E-state index in [2.05, 4.69) is 38.5 Å². The fourth-order valence-corrected chi connectivity index (χ4v) is 2.90. The van der Waals surface area contributed by atoms with Crippen molar-refractivity contribution in [1.82, 2.24) is 10.2 Å². The predicted molar refractivity (Wildman–Crippen MR) is 71.7 cm³/mol. The van der Waals surface area contributed by atoms with Crippen LogP contribution in [0.2, 0.25) is 0 Å². The average molecular weight is 305 g/mol. The maximum atomic E-state index is 11.5. The predicted octanol–water partition coefficient (Wildman–Crippen LogP) is 2.47. The van der Waals surface area contributed by atoms with E-state index >= 15 is 0 Å². The molecule has 0 aliphatic rings. The van der Waals surface area contributed by atoms with Gasteiger partial charge in [0.1, 0.15) is 0 Å². The van der Waals surface area contributed by atoms with Crippen LogP contribution in [0.1, 0.15) is 18.7 Å². The Morgan fingerprint density at radius 2 is 2.31 bits per heavy atom. The van der Waals surface area contributed by atoms with Crippen molar-refractivity contribution in [2.24, 2.45) is 0 Å². The van der Waals surface area contributed by atoms with Gasteiger partial charge in [-0.25, -0.2) is 0 Å². The van der Waals surface area contributed by atoms with Gasteiger partial charge in [0.05, 0.1) is 6.54 Å². The van der Waals surface area contributed by atoms with Crippen LogP contribution in [0.15, 0.2) is 15.9 Å². The number of hydrogen-bond donors (Lipinski definition) is 1. The first-order valence-electron chi connectivity index (χ1n) is 5.38. The van der Waals surface area contributed by atoms with Gasteiger partial charge >= 0.3 is 0 Å². The molecule has 16 heavy (non-hydrogen) atoms. The van der Waals surface area contributed by atoms with Crippen LogP contribution in [0.5, 0.6) is 0 Å². The van der Waals surface area contributed by atoms with E-state index in [0.717, 1.165) is 17.6 Å². The van der Waals surface area contributed by atoms with Gasteiger partial charge in [-0.05, 0) is 40.8 Å². The van der Waals surface area contributed by atoms with Crippen LogP contribution >= 0.6 is 27.3 Å². The van der Waals surface area contributed by atoms with Gasteiger partial charge in [-0.3, -0.25) is 9.69 Å². The molecule has 5 heteroatoms. The molecule has 0 unspecified atom stereocenters. The Bertz CT molecular complexity index is 340. The Hall–Kier alpha value is -0.390. The number of rotatable bonds is 6. The fraction of sp³-hybridized carbons (Fsp3) is 0.545. The highest BCUT2D eigenvalue weighted by Gasteiger charge is 2.11. The van der Waals surface area contributed by atoms with Gasteiger partial charge in [0, 0.05) is 22.4 Å². The molecule has 0 saturated heterocycles. The zero-order valence-electron chi connectivity index (χ0n) is 9.62. The largest absolute Gasteiger partial charge is 0.355 e. The number of halogens is 1. The second-order valence-corrected chi connectivity index (χ2v) is 5.30. The summed E-state index contributed by atoms with van der Waals surface area (Å²) in [7, 11) is 0. The lowest BCUT2D eigenvalue weighted by molar-refractivity contribution is -0.122. The molecule has 1 N–H and O–H groups in total. The molecule has 90 valence electrons. The van der Waals surface area contributed by atoms with Crippen LogP contribution in [-0.2, 0) is 11.3 Å². The zero-order valence-corrected chi connectivity index (χ0v) is 12.0. The molecule has 1 aromatic heterocycles. The minimum absolute atomic E-state index is 0.0945. The van der Waals surface area contributed by atoms with Crippen LogP contribution in [0.25, 0.3) is 0 Å². The highest BCUT2D eigenvalue weighted by molar-refractivity contribution is 9.10. The average Bonchev–Trinajstić information content (AvgIpc) is 2.64. The summed E-state index contributed by atoms with van der Waals surface area (Å²) in [5.41, 5.74) is 0. The Morgan fingerprint density at radius 1 is 1.56 bits per heavy atom. The van der Waals surface area contributed by atoms with Crippen molar-refractivity contribution in [3.05, 3.63) is 20.8 Å². The molecule has 3 nitrogen and oxygen atoms in total. The summed E-state index contributed by atoms with van der Waals surface area (Å²) in [4.78, 5) is 14.9. The summed E-state index contributed by atoms with van der Waals surface area (Å²) >= 11 is 5.22. The Kier molecular flexibility index (Phi) is 6.01. The van der Waals surface area contributed by atoms with E-state index in [1.54, 1.807) is 11.3 Å². The number of carbonyl (C=O) groups is 1. The van der Waals surface area contributed by atoms with Crippen molar-refractivity contribution >= 4 is 33.2 Å². The number of hydrogen-bond acceptors (Lipinski definition) is 3. The lowest BCUT2D eigenvalue weighted by atomic mass is 10.4. The summed E-state index contributed by atoms with van der Waals surface area (Å²) < 4.78 is 1.13. The van der Waals surface area contributed by atoms with Crippen molar-refractivity contribution in [3.8, 4) is 0 Å². The van der Waals surface area contributed by atoms with Crippen LogP contribution in [0.3, 0.4) is 0 Å². The molecule has 0 atom stereocenters. The standard InChI is InChI=1S/C11H17BrN2OS/c1-3-13-11(15)8-14(4-2)7-10-9(12)5-6-16-10/h5-6H,3-4,7-8H2,1-2H3,(H,13,15). The number of thiophene rings is 1. The third kappa shape index (κ3) is 4.23. The third-order valence-corrected chi connectivity index (χ3v) is 4.16. The van der Waals surface area contributed by atoms with E-state index in [0.29, 0.717) is 13.1 Å². The summed E-state index contributed by atoms with van der Waals surface area (Å²) in [6.45, 7) is 6.87. The number of nitrogens with zero attached hydrogens (tertiary/aromatic N) is 1. The Labute approximate surface area is 109 Å². The van der Waals surface area contributed by atoms with Crippen molar-refractivity contribution in [3.63, 3.8) is 0 Å². The van der Waals surface area contributed by atoms with Gasteiger partial charge in [-0.15, -0.1) is 11.3 Å². The molecule has 0 fully saturated rings. The van der Waals surface area contributed by atoms with Crippen molar-refractivity contribution in [1.29, 1.82) is 0 Å². The lowest BCUT2D eigenvalue weighted by Gasteiger charge is -2.19. The summed E-state index contributed by atoms with van der Waals surface area (Å²) in [5.74, 6) is 0.0945. The first-order valence-corrected chi connectivity index (χ1v) is 7.05. The Balaban J connectivity index is 2.49. The molecule has 1 aromatic rings. The van der Waals surface area contributed by atoms with E-state index in [1.807, 2.05) is 13.0 Å². The molecule has 1 rings (SSSR count). The highest BCUT2D eigenvalue weighted by Crippen LogP contribution is 2.23. The van der Waals surface area contributed by atoms with Crippen molar-refractivity contribution in [2.75, 3.05) is 19.6 Å². The van der Waals surface area contributed by atoms with Gasteiger partial charge in [0.25, 0.3) is 0 Å². The molecular formula is C11H17BrN2OS. The minimum atomic E-state index is 0.0945. The summed E-state index contributed by atoms with van der Waals surface area (Å²) in [5, 5.41) is 4.87. The maximum absolute atomic E-state index is 11.5. The lowest BCUT2D eigenvalue weighted by Crippen LogP contribution is -2.36. The highest BCUT2D eigenvalue weighted by atomic mass is 79.9. The molecule has 0 saturated carbocycles. The van der Waals surface area contributed by atoms with Gasteiger partial charge < -0.3 is 5.32 Å². The van der Waals surface area contributed by atoms with Gasteiger partial charge in [0.15, 0.2) is 0 Å². The van der Waals surface area contributed by atoms with E-state index < -0.39 is 0 Å². The Morgan fingerprint density at radius 3 is 2.81 bits per heavy atom. The number of amides is 1. The molecular weight excluding hydrogens is 288 g/mol. The van der Waals surface area contributed by atoms with Crippen LogP contribution in [0, 0.1) is 0 Å². The SMILES string of the molecule is CCNC(=O)CN(CC)Cc1sccc1Br. The van der Waals surface area contributed by atoms with Gasteiger partial charge in [-0.1, -0.05) is 6.92 Å². The van der Waals surface area contributed by atoms with Gasteiger partial charge in [-0.2, -0.15) is 0 Å². The minimum Gasteiger partial charge on any atom is -0.355 e. The molecule has 0 bridgehead atoms. The van der Waals surface area contributed by atoms with Crippen LogP contribution in [-0.4, -0.2) is 30.4 Å². The zero-order chi connectivity index (χ0) is 12.0. The second kappa shape index (κ2) is 7.04. The third-order valence-electron chi connectivity index (χ3n) is 2.25. The van der Waals surface area contributed by atoms with Gasteiger partial charge in [0.2, 0.25) is 5.91 Å². The topological polar surface area (TPSA) is 32.3 Å². The van der Waals surface area contributed by atoms with E-state index in [9.17, 15) is 4.79 Å². The molecule has 0 radical (unpaired) electrons. The summed E-state index contributed by atoms with van der Waals surface area (Å²) in [6.07, 6.45) is 0. The number of carbonyl (C=O) groups excluding carboxylic acids is 1. The first kappa shape index (κ1) is 13.7. The quantitative estimate of drug-likeness (QED) is 0.875. The van der Waals surface area contributed by atoms with E-state index in [4.69, 9.17) is 0 Å². The monoisotopic (exact) mass is 304 g/mol. The molecule has 1 amide bonds. The van der Waals surface area contributed by atoms with E-state index in [-0.39, 0.29) is 5.91 Å². The van der Waals surface area contributed by atoms with Crippen LogP contribution in [0.4, 0.5) is 0 Å². The normalized spacial score (nSPS) is 10.8. The number of nitrogens with one attached hydrogen (secondary N) is 1. The summed E-state index contributed by atoms with van der Waals surface area (Å²) in [6, 6.07) is 2.04. The molecule has 0 aromatic carbocycles. The molecule has 0 aliphatic heterocycles. The molecule has 0 spiro atoms. The van der Waals surface area contributed by atoms with E-state index in [1.165, 1.54) is 4.88 Å². The molecule has 1 heterocycles. The van der Waals surface area contributed by atoms with Crippen LogP contribution < -0.4 is 5.32 Å². The van der Waals surface area contributed by atoms with Crippen molar-refractivity contribution in [2.45, 2.75) is 20.4 Å². The smallest absolute Gasteiger partial charge is 0.234 e. The van der Waals surface area contributed by atoms with Crippen molar-refractivity contribution < 1.29 is 4.79 Å². The molecule has 0 aliphatic carbocycles. The number of likely N-dealkylation sites (N-methyl/N-ethyl adjacent to an activating group) is 2.